The maximum absolute atomic E-state index is 11.9. The van der Waals surface area contributed by atoms with Crippen LogP contribution < -0.4 is 5.32 Å². The van der Waals surface area contributed by atoms with Gasteiger partial charge in [0, 0.05) is 11.6 Å². The molecule has 2 aromatic rings. The summed E-state index contributed by atoms with van der Waals surface area (Å²) in [6, 6.07) is 14.1. The number of para-hydroxylation sites is 1. The zero-order chi connectivity index (χ0) is 15.2. The SMILES string of the molecule is O=C(CNC(=O)c1ccccc1[N+](=O)[O-])c1ccccc1. The molecule has 1 amide bonds. The summed E-state index contributed by atoms with van der Waals surface area (Å²) in [5.74, 6) is -0.908. The number of hydrogen-bond donors (Lipinski definition) is 1. The van der Waals surface area contributed by atoms with Crippen LogP contribution in [0.5, 0.6) is 0 Å². The van der Waals surface area contributed by atoms with Gasteiger partial charge in [0.05, 0.1) is 11.5 Å². The van der Waals surface area contributed by atoms with Crippen LogP contribution in [0.25, 0.3) is 0 Å². The number of nitrogens with zero attached hydrogens (tertiary/aromatic N) is 1. The van der Waals surface area contributed by atoms with Crippen molar-refractivity contribution in [2.75, 3.05) is 6.54 Å². The number of carbonyl (C=O) groups excluding carboxylic acids is 2. The monoisotopic (exact) mass is 284 g/mol. The van der Waals surface area contributed by atoms with E-state index in [1.54, 1.807) is 30.3 Å². The van der Waals surface area contributed by atoms with Crippen molar-refractivity contribution >= 4 is 17.4 Å². The van der Waals surface area contributed by atoms with E-state index in [9.17, 15) is 19.7 Å². The minimum atomic E-state index is -0.647. The number of rotatable bonds is 5. The molecule has 6 nitrogen and oxygen atoms in total. The third-order valence-corrected chi connectivity index (χ3v) is 2.85. The lowest BCUT2D eigenvalue weighted by Crippen LogP contribution is -2.30. The van der Waals surface area contributed by atoms with Crippen LogP contribution in [0.4, 0.5) is 5.69 Å². The quantitative estimate of drug-likeness (QED) is 0.518. The number of nitrogens with one attached hydrogen (secondary N) is 1. The van der Waals surface area contributed by atoms with Crippen LogP contribution in [-0.2, 0) is 0 Å². The van der Waals surface area contributed by atoms with Crippen molar-refractivity contribution in [2.24, 2.45) is 0 Å². The Hall–Kier alpha value is -3.02. The molecule has 6 heteroatoms. The van der Waals surface area contributed by atoms with Gasteiger partial charge in [-0.15, -0.1) is 0 Å². The van der Waals surface area contributed by atoms with Crippen molar-refractivity contribution in [3.63, 3.8) is 0 Å². The minimum Gasteiger partial charge on any atom is -0.344 e. The van der Waals surface area contributed by atoms with Crippen molar-refractivity contribution in [1.82, 2.24) is 5.32 Å². The van der Waals surface area contributed by atoms with Crippen molar-refractivity contribution in [3.8, 4) is 0 Å². The number of ketones is 1. The number of nitro groups is 1. The van der Waals surface area contributed by atoms with E-state index in [0.717, 1.165) is 0 Å². The predicted molar refractivity (Wildman–Crippen MR) is 76.2 cm³/mol. The Morgan fingerprint density at radius 3 is 2.29 bits per heavy atom. The average molecular weight is 284 g/mol. The number of carbonyl (C=O) groups is 2. The van der Waals surface area contributed by atoms with Crippen LogP contribution in [0.2, 0.25) is 0 Å². The molecule has 0 atom stereocenters. The van der Waals surface area contributed by atoms with Crippen LogP contribution in [-0.4, -0.2) is 23.2 Å². The average Bonchev–Trinajstić information content (AvgIpc) is 2.53. The van der Waals surface area contributed by atoms with E-state index in [2.05, 4.69) is 5.32 Å². The molecule has 0 fully saturated rings. The summed E-state index contributed by atoms with van der Waals surface area (Å²) in [6.07, 6.45) is 0. The van der Waals surface area contributed by atoms with Gasteiger partial charge in [0.2, 0.25) is 0 Å². The molecule has 0 saturated carbocycles. The Balaban J connectivity index is 2.06. The third-order valence-electron chi connectivity index (χ3n) is 2.85. The van der Waals surface area contributed by atoms with Crippen molar-refractivity contribution < 1.29 is 14.5 Å². The van der Waals surface area contributed by atoms with E-state index in [1.165, 1.54) is 24.3 Å². The zero-order valence-electron chi connectivity index (χ0n) is 11.0. The van der Waals surface area contributed by atoms with Gasteiger partial charge < -0.3 is 5.32 Å². The first-order chi connectivity index (χ1) is 10.1. The molecule has 0 heterocycles. The predicted octanol–water partition coefficient (Wildman–Crippen LogP) is 2.21. The molecular weight excluding hydrogens is 272 g/mol. The maximum Gasteiger partial charge on any atom is 0.282 e. The molecule has 0 aliphatic carbocycles. The second kappa shape index (κ2) is 6.42. The molecule has 0 spiro atoms. The number of amides is 1. The normalized spacial score (nSPS) is 9.90. The van der Waals surface area contributed by atoms with Crippen molar-refractivity contribution in [1.29, 1.82) is 0 Å². The lowest BCUT2D eigenvalue weighted by atomic mass is 10.1. The number of benzene rings is 2. The Bertz CT molecular complexity index is 683. The van der Waals surface area contributed by atoms with Gasteiger partial charge >= 0.3 is 0 Å². The minimum absolute atomic E-state index is 0.0663. The molecule has 21 heavy (non-hydrogen) atoms. The number of nitro benzene ring substituents is 1. The molecule has 1 N–H and O–H groups in total. The van der Waals surface area contributed by atoms with Crippen molar-refractivity contribution in [3.05, 3.63) is 75.8 Å². The van der Waals surface area contributed by atoms with Gasteiger partial charge in [-0.1, -0.05) is 42.5 Å². The molecule has 0 aliphatic heterocycles. The molecule has 2 rings (SSSR count). The van der Waals surface area contributed by atoms with Crippen LogP contribution in [0.15, 0.2) is 54.6 Å². The molecule has 106 valence electrons. The molecule has 0 unspecified atom stereocenters. The van der Waals surface area contributed by atoms with E-state index in [0.29, 0.717) is 5.56 Å². The first-order valence-electron chi connectivity index (χ1n) is 6.19. The summed E-state index contributed by atoms with van der Waals surface area (Å²) in [6.45, 7) is -0.213. The van der Waals surface area contributed by atoms with Gasteiger partial charge in [0.15, 0.2) is 5.78 Å². The van der Waals surface area contributed by atoms with E-state index < -0.39 is 10.8 Å². The summed E-state index contributed by atoms with van der Waals surface area (Å²) in [5.41, 5.74) is 0.117. The lowest BCUT2D eigenvalue weighted by molar-refractivity contribution is -0.385. The summed E-state index contributed by atoms with van der Waals surface area (Å²) < 4.78 is 0. The van der Waals surface area contributed by atoms with Gasteiger partial charge in [-0.05, 0) is 6.07 Å². The standard InChI is InChI=1S/C15H12N2O4/c18-14(11-6-2-1-3-7-11)10-16-15(19)12-8-4-5-9-13(12)17(20)21/h1-9H,10H2,(H,16,19). The van der Waals surface area contributed by atoms with E-state index in [4.69, 9.17) is 0 Å². The zero-order valence-corrected chi connectivity index (χ0v) is 11.0. The summed E-state index contributed by atoms with van der Waals surface area (Å²) in [4.78, 5) is 34.0. The molecule has 2 aromatic carbocycles. The fourth-order valence-electron chi connectivity index (χ4n) is 1.81. The highest BCUT2D eigenvalue weighted by Gasteiger charge is 2.19. The highest BCUT2D eigenvalue weighted by atomic mass is 16.6. The first-order valence-corrected chi connectivity index (χ1v) is 6.19. The Morgan fingerprint density at radius 1 is 1.00 bits per heavy atom. The summed E-state index contributed by atoms with van der Waals surface area (Å²) in [5, 5.41) is 13.2. The van der Waals surface area contributed by atoms with Crippen LogP contribution in [0.3, 0.4) is 0 Å². The van der Waals surface area contributed by atoms with Crippen LogP contribution in [0.1, 0.15) is 20.7 Å². The molecule has 0 radical (unpaired) electrons. The third kappa shape index (κ3) is 3.50. The Kier molecular flexibility index (Phi) is 4.40. The lowest BCUT2D eigenvalue weighted by Gasteiger charge is -2.05. The molecule has 0 bridgehead atoms. The molecular formula is C15H12N2O4. The van der Waals surface area contributed by atoms with E-state index in [-0.39, 0.29) is 23.6 Å². The Morgan fingerprint density at radius 2 is 1.62 bits per heavy atom. The smallest absolute Gasteiger partial charge is 0.282 e. The molecule has 0 saturated heterocycles. The van der Waals surface area contributed by atoms with Gasteiger partial charge in [0.25, 0.3) is 11.6 Å². The molecule has 0 aliphatic rings. The number of hydrogen-bond acceptors (Lipinski definition) is 4. The maximum atomic E-state index is 11.9. The molecule has 0 aromatic heterocycles. The van der Waals surface area contributed by atoms with Crippen molar-refractivity contribution in [2.45, 2.75) is 0 Å². The second-order valence-electron chi connectivity index (χ2n) is 4.25. The fourth-order valence-corrected chi connectivity index (χ4v) is 1.81. The second-order valence-corrected chi connectivity index (χ2v) is 4.25. The highest BCUT2D eigenvalue weighted by Crippen LogP contribution is 2.17. The fraction of sp³-hybridized carbons (Fsp3) is 0.0667. The highest BCUT2D eigenvalue weighted by molar-refractivity contribution is 6.03. The summed E-state index contributed by atoms with van der Waals surface area (Å²) in [7, 11) is 0. The first kappa shape index (κ1) is 14.4. The van der Waals surface area contributed by atoms with Crippen LogP contribution >= 0.6 is 0 Å². The van der Waals surface area contributed by atoms with Gasteiger partial charge in [-0.25, -0.2) is 0 Å². The Labute approximate surface area is 120 Å². The largest absolute Gasteiger partial charge is 0.344 e. The van der Waals surface area contributed by atoms with E-state index >= 15 is 0 Å². The van der Waals surface area contributed by atoms with Crippen LogP contribution in [0, 0.1) is 10.1 Å². The summed E-state index contributed by atoms with van der Waals surface area (Å²) >= 11 is 0. The number of Topliss-reactive ketones (excluding diaryl/α,β-unsaturated/α-hetero) is 1. The van der Waals surface area contributed by atoms with Gasteiger partial charge in [-0.2, -0.15) is 0 Å². The van der Waals surface area contributed by atoms with Gasteiger partial charge in [-0.3, -0.25) is 19.7 Å². The van der Waals surface area contributed by atoms with E-state index in [1.807, 2.05) is 0 Å². The van der Waals surface area contributed by atoms with Gasteiger partial charge in [0.1, 0.15) is 5.56 Å². The topological polar surface area (TPSA) is 89.3 Å².